The van der Waals surface area contributed by atoms with Crippen molar-refractivity contribution in [3.63, 3.8) is 0 Å². The highest BCUT2D eigenvalue weighted by atomic mass is 35.5. The van der Waals surface area contributed by atoms with Gasteiger partial charge in [-0.05, 0) is 35.2 Å². The number of azide groups is 1. The third-order valence-corrected chi connectivity index (χ3v) is 11.2. The zero-order valence-electron chi connectivity index (χ0n) is 20.3. The Kier molecular flexibility index (Phi) is 7.89. The van der Waals surface area contributed by atoms with Gasteiger partial charge in [0.25, 0.3) is 0 Å². The fourth-order valence-electron chi connectivity index (χ4n) is 4.70. The first-order valence-corrected chi connectivity index (χ1v) is 15.2. The van der Waals surface area contributed by atoms with Crippen LogP contribution in [0.15, 0.2) is 108 Å². The average Bonchev–Trinajstić information content (AvgIpc) is 3.40. The number of fused-ring (bicyclic) bond motifs is 1. The number of benzene rings is 3. The Morgan fingerprint density at radius 3 is 2.26 bits per heavy atom. The lowest BCUT2D eigenvalue weighted by molar-refractivity contribution is -0.120. The van der Waals surface area contributed by atoms with E-state index >= 15 is 0 Å². The first kappa shape index (κ1) is 26.1. The quantitative estimate of drug-likeness (QED) is 0.130. The second-order valence-electron chi connectivity index (χ2n) is 8.78. The third-order valence-electron chi connectivity index (χ3n) is 6.54. The number of nitrogens with zero attached hydrogens (tertiary/aromatic N) is 5. The Labute approximate surface area is 231 Å². The molecule has 0 saturated carbocycles. The molecule has 7 nitrogen and oxygen atoms in total. The van der Waals surface area contributed by atoms with Crippen LogP contribution in [0.3, 0.4) is 0 Å². The minimum Gasteiger partial charge on any atom is -0.296 e. The number of nitrogens with one attached hydrogen (secondary N) is 1. The van der Waals surface area contributed by atoms with E-state index < -0.39 is 18.3 Å². The minimum atomic E-state index is -2.73. The summed E-state index contributed by atoms with van der Waals surface area (Å²) in [4.78, 5) is 23.2. The van der Waals surface area contributed by atoms with Crippen molar-refractivity contribution in [2.75, 3.05) is 11.4 Å². The number of hydrogen-bond donors (Lipinski definition) is 1. The Hall–Kier alpha value is -3.51. The summed E-state index contributed by atoms with van der Waals surface area (Å²) < 4.78 is 0. The summed E-state index contributed by atoms with van der Waals surface area (Å²) in [7, 11) is 0. The molecule has 0 bridgehead atoms. The number of carbonyl (C=O) groups is 1. The second kappa shape index (κ2) is 11.5. The van der Waals surface area contributed by atoms with Crippen molar-refractivity contribution in [1.82, 2.24) is 10.1 Å². The van der Waals surface area contributed by atoms with Gasteiger partial charge in [-0.1, -0.05) is 113 Å². The minimum absolute atomic E-state index is 0.361. The van der Waals surface area contributed by atoms with Gasteiger partial charge >= 0.3 is 0 Å². The van der Waals surface area contributed by atoms with E-state index in [1.807, 2.05) is 91.0 Å². The number of pyridine rings is 1. The van der Waals surface area contributed by atoms with Crippen LogP contribution in [0.25, 0.3) is 10.4 Å². The van der Waals surface area contributed by atoms with E-state index in [0.29, 0.717) is 29.4 Å². The van der Waals surface area contributed by atoms with Crippen molar-refractivity contribution in [3.05, 3.63) is 130 Å². The Bertz CT molecular complexity index is 1500. The van der Waals surface area contributed by atoms with Crippen LogP contribution in [0.5, 0.6) is 0 Å². The lowest BCUT2D eigenvalue weighted by Gasteiger charge is -2.34. The van der Waals surface area contributed by atoms with Gasteiger partial charge in [0.05, 0.1) is 12.2 Å². The number of amides is 1. The third kappa shape index (κ3) is 5.10. The van der Waals surface area contributed by atoms with Crippen LogP contribution in [0.1, 0.15) is 17.2 Å². The highest BCUT2D eigenvalue weighted by Crippen LogP contribution is 2.44. The molecular formula is C28H24ClN6OPS. The molecule has 1 aliphatic rings. The topological polar surface area (TPSA) is 94.0 Å². The van der Waals surface area contributed by atoms with Gasteiger partial charge in [0.2, 0.25) is 5.91 Å². The van der Waals surface area contributed by atoms with Gasteiger partial charge in [-0.3, -0.25) is 14.8 Å². The predicted octanol–water partition coefficient (Wildman–Crippen LogP) is 5.68. The highest BCUT2D eigenvalue weighted by molar-refractivity contribution is 8.20. The van der Waals surface area contributed by atoms with E-state index in [2.05, 4.69) is 20.1 Å². The number of anilines is 1. The van der Waals surface area contributed by atoms with Gasteiger partial charge in [0, 0.05) is 33.3 Å². The summed E-state index contributed by atoms with van der Waals surface area (Å²) in [5, 5.41) is 9.96. The molecule has 0 aliphatic carbocycles. The molecule has 1 aliphatic heterocycles. The molecule has 0 fully saturated rings. The molecule has 1 N–H and O–H groups in total. The molecule has 2 unspecified atom stereocenters. The normalized spacial score (nSPS) is 14.3. The number of hydrogen-bond acceptors (Lipinski definition) is 4. The Balaban J connectivity index is 1.65. The first-order valence-electron chi connectivity index (χ1n) is 12.1. The monoisotopic (exact) mass is 558 g/mol. The van der Waals surface area contributed by atoms with Crippen LogP contribution >= 0.6 is 17.8 Å². The second-order valence-corrected chi connectivity index (χ2v) is 13.3. The fraction of sp³-hybridized carbons (Fsp3) is 0.143. The van der Waals surface area contributed by atoms with Crippen molar-refractivity contribution >= 4 is 51.9 Å². The molecule has 0 spiro atoms. The zero-order valence-corrected chi connectivity index (χ0v) is 22.7. The van der Waals surface area contributed by atoms with Crippen molar-refractivity contribution in [3.8, 4) is 0 Å². The summed E-state index contributed by atoms with van der Waals surface area (Å²) in [6, 6.07) is 28.6. The summed E-state index contributed by atoms with van der Waals surface area (Å²) in [6.45, 7) is 0.448. The summed E-state index contributed by atoms with van der Waals surface area (Å²) in [6.07, 6.45) is -0.396. The number of carbonyl (C=O) groups excluding carboxylic acids is 1. The van der Waals surface area contributed by atoms with Gasteiger partial charge in [-0.25, -0.2) is 4.98 Å². The van der Waals surface area contributed by atoms with Gasteiger partial charge < -0.3 is 0 Å². The number of aromatic nitrogens is 1. The smallest absolute Gasteiger partial charge is 0.239 e. The van der Waals surface area contributed by atoms with E-state index in [9.17, 15) is 10.3 Å². The van der Waals surface area contributed by atoms with Crippen LogP contribution in [-0.2, 0) is 23.0 Å². The molecule has 190 valence electrons. The van der Waals surface area contributed by atoms with Gasteiger partial charge in [0.1, 0.15) is 11.9 Å². The lowest BCUT2D eigenvalue weighted by Crippen LogP contribution is -2.45. The van der Waals surface area contributed by atoms with E-state index in [4.69, 9.17) is 23.4 Å². The zero-order chi connectivity index (χ0) is 26.5. The van der Waals surface area contributed by atoms with Crippen molar-refractivity contribution in [2.24, 2.45) is 5.11 Å². The highest BCUT2D eigenvalue weighted by Gasteiger charge is 2.39. The summed E-state index contributed by atoms with van der Waals surface area (Å²) >= 11 is 13.1. The van der Waals surface area contributed by atoms with E-state index in [0.717, 1.165) is 16.2 Å². The van der Waals surface area contributed by atoms with E-state index in [1.165, 1.54) is 0 Å². The number of halogens is 1. The molecule has 38 heavy (non-hydrogen) atoms. The fourth-order valence-corrected chi connectivity index (χ4v) is 8.48. The lowest BCUT2D eigenvalue weighted by atomic mass is 9.99. The average molecular weight is 559 g/mol. The molecule has 1 amide bonds. The molecule has 0 radical (unpaired) electrons. The van der Waals surface area contributed by atoms with E-state index in [-0.39, 0.29) is 5.91 Å². The summed E-state index contributed by atoms with van der Waals surface area (Å²) in [5.74, 6) is 0.222. The maximum Gasteiger partial charge on any atom is 0.239 e. The van der Waals surface area contributed by atoms with Crippen LogP contribution < -0.4 is 20.6 Å². The molecule has 10 heteroatoms. The first-order chi connectivity index (χ1) is 18.5. The maximum atomic E-state index is 14.1. The van der Waals surface area contributed by atoms with Gasteiger partial charge in [0.15, 0.2) is 0 Å². The van der Waals surface area contributed by atoms with Crippen molar-refractivity contribution in [2.45, 2.75) is 18.5 Å². The molecule has 2 heterocycles. The molecule has 4 aromatic rings. The van der Waals surface area contributed by atoms with Crippen LogP contribution in [0.4, 0.5) is 5.82 Å². The van der Waals surface area contributed by atoms with Gasteiger partial charge in [-0.15, -0.1) is 0 Å². The summed E-state index contributed by atoms with van der Waals surface area (Å²) in [5.41, 5.74) is 11.2. The number of rotatable bonds is 8. The molecule has 3 aromatic carbocycles. The SMILES string of the molecule is [N-]=[N+]=NC(C(=O)N1CCc2cccnc21)C(NP(=S)(c1ccccc1)c1ccccc1)c1ccccc1Cl. The molecule has 0 saturated heterocycles. The predicted molar refractivity (Wildman–Crippen MR) is 157 cm³/mol. The molecule has 5 rings (SSSR count). The molecular weight excluding hydrogens is 535 g/mol. The molecule has 1 aromatic heterocycles. The Morgan fingerprint density at radius 2 is 1.63 bits per heavy atom. The van der Waals surface area contributed by atoms with Gasteiger partial charge in [-0.2, -0.15) is 0 Å². The molecule has 2 atom stereocenters. The largest absolute Gasteiger partial charge is 0.296 e. The van der Waals surface area contributed by atoms with Crippen molar-refractivity contribution in [1.29, 1.82) is 0 Å². The van der Waals surface area contributed by atoms with Crippen molar-refractivity contribution < 1.29 is 4.79 Å². The van der Waals surface area contributed by atoms with Crippen LogP contribution in [0.2, 0.25) is 5.02 Å². The van der Waals surface area contributed by atoms with Crippen LogP contribution in [0, 0.1) is 0 Å². The van der Waals surface area contributed by atoms with Crippen LogP contribution in [-0.4, -0.2) is 23.5 Å². The Morgan fingerprint density at radius 1 is 1.00 bits per heavy atom. The maximum absolute atomic E-state index is 14.1. The standard InChI is InChI=1S/C28H24ClN6OPS/c29-24-16-8-7-15-23(24)25(26(32-34-30)28(36)35-19-17-20-10-9-18-31-27(20)35)33-37(38,21-11-3-1-4-12-21)22-13-5-2-6-14-22/h1-16,18,25-26H,17,19H2,(H,33,38). The van der Waals surface area contributed by atoms with E-state index in [1.54, 1.807) is 17.2 Å².